The molecule has 87 valence electrons. The summed E-state index contributed by atoms with van der Waals surface area (Å²) in [5.41, 5.74) is 8.13. The molecule has 0 spiro atoms. The minimum atomic E-state index is -0.331. The fourth-order valence-electron chi connectivity index (χ4n) is 1.92. The monoisotopic (exact) mass is 285 g/mol. The van der Waals surface area contributed by atoms with Crippen LogP contribution in [0.1, 0.15) is 12.1 Å². The Morgan fingerprint density at radius 2 is 2.25 bits per heavy atom. The van der Waals surface area contributed by atoms with Gasteiger partial charge in [-0.15, -0.1) is 0 Å². The molecular weight excluding hydrogens is 270 g/mol. The molecule has 1 fully saturated rings. The third kappa shape index (κ3) is 2.14. The Morgan fingerprint density at radius 1 is 1.50 bits per heavy atom. The quantitative estimate of drug-likeness (QED) is 0.831. The van der Waals surface area contributed by atoms with Crippen LogP contribution in [-0.4, -0.2) is 38.8 Å². The van der Waals surface area contributed by atoms with E-state index in [0.29, 0.717) is 27.3 Å². The van der Waals surface area contributed by atoms with Crippen LogP contribution >= 0.6 is 0 Å². The Bertz CT molecular complexity index is 399. The van der Waals surface area contributed by atoms with Crippen molar-refractivity contribution in [2.75, 3.05) is 23.7 Å². The Kier molecular flexibility index (Phi) is 3.33. The first-order valence-corrected chi connectivity index (χ1v) is 8.21. The second-order valence-corrected chi connectivity index (χ2v) is 6.57. The van der Waals surface area contributed by atoms with Crippen molar-refractivity contribution in [2.24, 2.45) is 0 Å². The number of rotatable bonds is 2. The standard InChI is InChI=1S/C10H15AsFN4/c1-6-8(12)9(15-10(13)14-6)16-4-3-7(5-16)11-2/h7H,3-5H2,1-2H3,(H2,13,14,15)/t7-/m1/s1. The van der Waals surface area contributed by atoms with E-state index in [9.17, 15) is 4.39 Å². The first-order valence-electron chi connectivity index (χ1n) is 5.25. The van der Waals surface area contributed by atoms with Crippen LogP contribution in [-0.2, 0) is 0 Å². The molecule has 1 atom stereocenters. The van der Waals surface area contributed by atoms with Gasteiger partial charge in [-0.05, 0) is 0 Å². The molecule has 1 aromatic heterocycles. The second kappa shape index (κ2) is 4.58. The van der Waals surface area contributed by atoms with E-state index in [1.165, 1.54) is 0 Å². The van der Waals surface area contributed by atoms with Gasteiger partial charge in [-0.25, -0.2) is 0 Å². The van der Waals surface area contributed by atoms with Gasteiger partial charge >= 0.3 is 101 Å². The Balaban J connectivity index is 2.27. The van der Waals surface area contributed by atoms with Gasteiger partial charge in [0.25, 0.3) is 0 Å². The van der Waals surface area contributed by atoms with Crippen molar-refractivity contribution in [2.45, 2.75) is 23.8 Å². The summed E-state index contributed by atoms with van der Waals surface area (Å²) in [4.78, 5) is 9.82. The molecule has 1 aliphatic heterocycles. The van der Waals surface area contributed by atoms with E-state index < -0.39 is 0 Å². The molecule has 1 saturated heterocycles. The Labute approximate surface area is 101 Å². The molecule has 2 heterocycles. The summed E-state index contributed by atoms with van der Waals surface area (Å²) < 4.78 is 14.6. The van der Waals surface area contributed by atoms with Crippen LogP contribution in [0, 0.1) is 12.7 Å². The Morgan fingerprint density at radius 3 is 2.88 bits per heavy atom. The number of nitrogens with two attached hydrogens (primary N) is 1. The summed E-state index contributed by atoms with van der Waals surface area (Å²) in [6, 6.07) is 0. The average Bonchev–Trinajstić information content (AvgIpc) is 2.71. The molecule has 2 N–H and O–H groups in total. The number of hydrogen-bond donors (Lipinski definition) is 1. The summed E-state index contributed by atoms with van der Waals surface area (Å²) in [6.45, 7) is 3.40. The number of anilines is 2. The summed E-state index contributed by atoms with van der Waals surface area (Å²) in [5.74, 6) is 0.200. The maximum absolute atomic E-state index is 13.8. The van der Waals surface area contributed by atoms with Crippen molar-refractivity contribution in [1.29, 1.82) is 0 Å². The molecule has 1 radical (unpaired) electrons. The Hall–Kier alpha value is -0.832. The second-order valence-electron chi connectivity index (χ2n) is 3.95. The van der Waals surface area contributed by atoms with Gasteiger partial charge in [0.2, 0.25) is 0 Å². The van der Waals surface area contributed by atoms with Crippen LogP contribution in [0.4, 0.5) is 16.2 Å². The van der Waals surface area contributed by atoms with E-state index >= 15 is 0 Å². The van der Waals surface area contributed by atoms with Crippen LogP contribution in [0.3, 0.4) is 0 Å². The van der Waals surface area contributed by atoms with Gasteiger partial charge in [-0.3, -0.25) is 0 Å². The van der Waals surface area contributed by atoms with E-state index in [2.05, 4.69) is 15.7 Å². The first kappa shape index (κ1) is 11.6. The summed E-state index contributed by atoms with van der Waals surface area (Å²) >= 11 is 0.354. The zero-order chi connectivity index (χ0) is 11.7. The fraction of sp³-hybridized carbons (Fsp3) is 0.600. The van der Waals surface area contributed by atoms with Crippen molar-refractivity contribution < 1.29 is 4.39 Å². The molecule has 0 bridgehead atoms. The van der Waals surface area contributed by atoms with E-state index in [1.807, 2.05) is 4.90 Å². The first-order chi connectivity index (χ1) is 7.61. The average molecular weight is 285 g/mol. The van der Waals surface area contributed by atoms with E-state index in [4.69, 9.17) is 5.73 Å². The molecule has 0 saturated carbocycles. The SMILES string of the molecule is C[As][C@@H]1CCN(c2nc(N)nc(C)c2F)C1. The van der Waals surface area contributed by atoms with Gasteiger partial charge in [0.15, 0.2) is 0 Å². The molecule has 1 aromatic rings. The minimum absolute atomic E-state index is 0.155. The maximum atomic E-state index is 13.8. The van der Waals surface area contributed by atoms with Crippen molar-refractivity contribution in [3.63, 3.8) is 0 Å². The van der Waals surface area contributed by atoms with Gasteiger partial charge in [0, 0.05) is 0 Å². The molecule has 0 amide bonds. The van der Waals surface area contributed by atoms with Crippen LogP contribution in [0.5, 0.6) is 0 Å². The predicted octanol–water partition coefficient (Wildman–Crippen LogP) is 1.26. The number of nitrogens with zero attached hydrogens (tertiary/aromatic N) is 3. The number of aromatic nitrogens is 2. The third-order valence-corrected chi connectivity index (χ3v) is 5.26. The molecule has 2 rings (SSSR count). The predicted molar refractivity (Wildman–Crippen MR) is 63.3 cm³/mol. The molecule has 0 aliphatic carbocycles. The van der Waals surface area contributed by atoms with E-state index in [0.717, 1.165) is 24.2 Å². The van der Waals surface area contributed by atoms with Crippen molar-refractivity contribution in [1.82, 2.24) is 9.97 Å². The topological polar surface area (TPSA) is 55.0 Å². The van der Waals surface area contributed by atoms with Gasteiger partial charge in [0.1, 0.15) is 0 Å². The van der Waals surface area contributed by atoms with Crippen LogP contribution < -0.4 is 10.6 Å². The van der Waals surface area contributed by atoms with Crippen LogP contribution in [0.15, 0.2) is 0 Å². The third-order valence-electron chi connectivity index (χ3n) is 2.84. The molecule has 0 aromatic carbocycles. The number of halogens is 1. The molecule has 1 aliphatic rings. The van der Waals surface area contributed by atoms with Crippen LogP contribution in [0.25, 0.3) is 0 Å². The summed E-state index contributed by atoms with van der Waals surface area (Å²) in [7, 11) is 0. The number of aryl methyl sites for hydroxylation is 1. The molecule has 4 nitrogen and oxygen atoms in total. The fourth-order valence-corrected chi connectivity index (χ4v) is 3.46. The van der Waals surface area contributed by atoms with Gasteiger partial charge < -0.3 is 0 Å². The van der Waals surface area contributed by atoms with Crippen molar-refractivity contribution >= 4 is 27.5 Å². The van der Waals surface area contributed by atoms with E-state index in [-0.39, 0.29) is 11.8 Å². The molecular formula is C10H15AsFN4. The van der Waals surface area contributed by atoms with Gasteiger partial charge in [-0.2, -0.15) is 0 Å². The van der Waals surface area contributed by atoms with Crippen LogP contribution in [0.2, 0.25) is 10.4 Å². The van der Waals surface area contributed by atoms with E-state index in [1.54, 1.807) is 6.92 Å². The van der Waals surface area contributed by atoms with Crippen molar-refractivity contribution in [3.8, 4) is 0 Å². The zero-order valence-corrected chi connectivity index (χ0v) is 11.3. The molecule has 0 unspecified atom stereocenters. The molecule has 6 heteroatoms. The van der Waals surface area contributed by atoms with Gasteiger partial charge in [-0.1, -0.05) is 0 Å². The molecule has 16 heavy (non-hydrogen) atoms. The van der Waals surface area contributed by atoms with Gasteiger partial charge in [0.05, 0.1) is 0 Å². The summed E-state index contributed by atoms with van der Waals surface area (Å²) in [6.07, 6.45) is 1.14. The summed E-state index contributed by atoms with van der Waals surface area (Å²) in [5, 5.41) is 0. The number of nitrogen functional groups attached to an aromatic ring is 1. The number of hydrogen-bond acceptors (Lipinski definition) is 4. The van der Waals surface area contributed by atoms with Crippen molar-refractivity contribution in [3.05, 3.63) is 11.5 Å². The zero-order valence-electron chi connectivity index (χ0n) is 9.44. The normalized spacial score (nSPS) is 21.2.